The molecule has 32 heavy (non-hydrogen) atoms. The van der Waals surface area contributed by atoms with Crippen LogP contribution in [0.1, 0.15) is 77.5 Å². The molecule has 0 aliphatic carbocycles. The summed E-state index contributed by atoms with van der Waals surface area (Å²) in [7, 11) is 0. The van der Waals surface area contributed by atoms with Crippen LogP contribution in [0.2, 0.25) is 0 Å². The molecule has 0 saturated carbocycles. The summed E-state index contributed by atoms with van der Waals surface area (Å²) < 4.78 is 7.36. The molecule has 0 spiro atoms. The fourth-order valence-electron chi connectivity index (χ4n) is 3.67. The highest BCUT2D eigenvalue weighted by Crippen LogP contribution is 2.28. The van der Waals surface area contributed by atoms with Gasteiger partial charge in [0.25, 0.3) is 0 Å². The lowest BCUT2D eigenvalue weighted by Gasteiger charge is -2.25. The highest BCUT2D eigenvalue weighted by atomic mass is 16.6. The third kappa shape index (κ3) is 6.35. The van der Waals surface area contributed by atoms with Crippen molar-refractivity contribution in [3.05, 3.63) is 65.4 Å². The van der Waals surface area contributed by atoms with Gasteiger partial charge in [-0.15, -0.1) is 0 Å². The van der Waals surface area contributed by atoms with Gasteiger partial charge in [-0.05, 0) is 67.3 Å². The van der Waals surface area contributed by atoms with E-state index < -0.39 is 11.7 Å². The van der Waals surface area contributed by atoms with E-state index in [1.807, 2.05) is 20.8 Å². The van der Waals surface area contributed by atoms with Crippen LogP contribution in [0.25, 0.3) is 10.9 Å². The highest BCUT2D eigenvalue weighted by Gasteiger charge is 2.21. The smallest absolute Gasteiger partial charge is 0.407 e. The van der Waals surface area contributed by atoms with Crippen molar-refractivity contribution in [2.24, 2.45) is 0 Å². The molecule has 0 aliphatic rings. The van der Waals surface area contributed by atoms with Crippen molar-refractivity contribution in [2.45, 2.75) is 84.9 Å². The van der Waals surface area contributed by atoms with Gasteiger partial charge in [0.1, 0.15) is 5.60 Å². The second-order valence-corrected chi connectivity index (χ2v) is 10.6. The predicted octanol–water partition coefficient (Wildman–Crippen LogP) is 6.55. The number of rotatable bonds is 7. The van der Waals surface area contributed by atoms with Crippen LogP contribution in [0, 0.1) is 0 Å². The van der Waals surface area contributed by atoms with Gasteiger partial charge in [0.05, 0.1) is 5.52 Å². The Balaban J connectivity index is 1.59. The lowest BCUT2D eigenvalue weighted by atomic mass is 9.81. The fourth-order valence-corrected chi connectivity index (χ4v) is 3.67. The van der Waals surface area contributed by atoms with E-state index in [0.29, 0.717) is 12.5 Å². The molecule has 3 rings (SSSR count). The quantitative estimate of drug-likeness (QED) is 0.458. The molecule has 172 valence electrons. The first-order chi connectivity index (χ1) is 14.9. The maximum atomic E-state index is 11.9. The number of ether oxygens (including phenoxy) is 1. The van der Waals surface area contributed by atoms with E-state index in [1.165, 1.54) is 16.5 Å². The van der Waals surface area contributed by atoms with E-state index in [1.54, 1.807) is 0 Å². The Kier molecular flexibility index (Phi) is 6.97. The van der Waals surface area contributed by atoms with Gasteiger partial charge in [-0.2, -0.15) is 5.10 Å². The first-order valence-electron chi connectivity index (χ1n) is 11.5. The molecule has 0 bridgehead atoms. The van der Waals surface area contributed by atoms with E-state index in [4.69, 9.17) is 9.84 Å². The molecule has 0 saturated heterocycles. The molecule has 0 atom stereocenters. The molecule has 1 amide bonds. The summed E-state index contributed by atoms with van der Waals surface area (Å²) in [6, 6.07) is 15.0. The Labute approximate surface area is 192 Å². The Morgan fingerprint density at radius 2 is 1.75 bits per heavy atom. The van der Waals surface area contributed by atoms with Gasteiger partial charge >= 0.3 is 6.09 Å². The van der Waals surface area contributed by atoms with Crippen molar-refractivity contribution in [1.29, 1.82) is 0 Å². The molecule has 3 aromatic rings. The minimum Gasteiger partial charge on any atom is -0.444 e. The summed E-state index contributed by atoms with van der Waals surface area (Å²) >= 11 is 0. The zero-order valence-corrected chi connectivity index (χ0v) is 20.5. The topological polar surface area (TPSA) is 56.2 Å². The molecule has 0 unspecified atom stereocenters. The maximum absolute atomic E-state index is 11.9. The second kappa shape index (κ2) is 9.35. The molecule has 2 aromatic carbocycles. The number of aryl methyl sites for hydroxylation is 1. The zero-order chi connectivity index (χ0) is 23.5. The summed E-state index contributed by atoms with van der Waals surface area (Å²) in [5.41, 5.74) is 4.24. The van der Waals surface area contributed by atoms with E-state index in [2.05, 4.69) is 86.4 Å². The molecule has 1 aromatic heterocycles. The number of carbonyl (C=O) groups excluding carboxylic acids is 1. The van der Waals surface area contributed by atoms with Gasteiger partial charge in [0.2, 0.25) is 0 Å². The highest BCUT2D eigenvalue weighted by molar-refractivity contribution is 5.78. The van der Waals surface area contributed by atoms with Crippen molar-refractivity contribution in [2.75, 3.05) is 0 Å². The first kappa shape index (κ1) is 23.8. The lowest BCUT2D eigenvalue weighted by Crippen LogP contribution is -2.32. The average Bonchev–Trinajstić information content (AvgIpc) is 3.12. The number of hydrogen-bond donors (Lipinski definition) is 1. The van der Waals surface area contributed by atoms with Gasteiger partial charge in [0, 0.05) is 24.7 Å². The van der Waals surface area contributed by atoms with E-state index in [9.17, 15) is 4.79 Å². The normalized spacial score (nSPS) is 12.4. The molecule has 0 radical (unpaired) electrons. The summed E-state index contributed by atoms with van der Waals surface area (Å²) in [5.74, 6) is 0.518. The molecular weight excluding hydrogens is 398 g/mol. The number of nitrogens with one attached hydrogen (secondary N) is 1. The van der Waals surface area contributed by atoms with Crippen LogP contribution >= 0.6 is 0 Å². The van der Waals surface area contributed by atoms with E-state index in [-0.39, 0.29) is 5.41 Å². The Morgan fingerprint density at radius 3 is 2.38 bits per heavy atom. The zero-order valence-electron chi connectivity index (χ0n) is 20.5. The van der Waals surface area contributed by atoms with Gasteiger partial charge in [0.15, 0.2) is 0 Å². The van der Waals surface area contributed by atoms with E-state index >= 15 is 0 Å². The molecular formula is C27H37N3O2. The fraction of sp³-hybridized carbons (Fsp3) is 0.481. The van der Waals surface area contributed by atoms with Gasteiger partial charge in [-0.1, -0.05) is 58.0 Å². The van der Waals surface area contributed by atoms with Crippen LogP contribution in [0.5, 0.6) is 0 Å². The van der Waals surface area contributed by atoms with Crippen molar-refractivity contribution in [1.82, 2.24) is 15.1 Å². The SMILES string of the molecule is CC(C)c1ccc2nn(CCC(C)(C)c3ccc(CNC(=O)OC(C)(C)C)cc3)cc2c1. The number of amides is 1. The number of alkyl carbamates (subject to hydrolysis) is 1. The third-order valence-corrected chi connectivity index (χ3v) is 5.78. The number of aromatic nitrogens is 2. The number of hydrogen-bond acceptors (Lipinski definition) is 3. The Hall–Kier alpha value is -2.82. The van der Waals surface area contributed by atoms with Gasteiger partial charge in [-0.3, -0.25) is 4.68 Å². The van der Waals surface area contributed by atoms with Crippen molar-refractivity contribution < 1.29 is 9.53 Å². The molecule has 5 heteroatoms. The van der Waals surface area contributed by atoms with Crippen molar-refractivity contribution in [3.63, 3.8) is 0 Å². The summed E-state index contributed by atoms with van der Waals surface area (Å²) in [4.78, 5) is 11.9. The molecule has 0 aliphatic heterocycles. The number of benzene rings is 2. The Morgan fingerprint density at radius 1 is 1.06 bits per heavy atom. The number of nitrogens with zero attached hydrogens (tertiary/aromatic N) is 2. The van der Waals surface area contributed by atoms with Crippen LogP contribution in [0.4, 0.5) is 4.79 Å². The molecule has 1 N–H and O–H groups in total. The van der Waals surface area contributed by atoms with E-state index in [0.717, 1.165) is 24.0 Å². The standard InChI is InChI=1S/C27H37N3O2/c1-19(2)21-10-13-24-22(16-21)18-30(29-24)15-14-27(6,7)23-11-8-20(9-12-23)17-28-25(31)32-26(3,4)5/h8-13,16,18-19H,14-15,17H2,1-7H3,(H,28,31). The number of carbonyl (C=O) groups is 1. The van der Waals surface area contributed by atoms with Crippen LogP contribution in [-0.4, -0.2) is 21.5 Å². The third-order valence-electron chi connectivity index (χ3n) is 5.78. The monoisotopic (exact) mass is 435 g/mol. The van der Waals surface area contributed by atoms with Crippen LogP contribution in [0.3, 0.4) is 0 Å². The molecule has 1 heterocycles. The number of fused-ring (bicyclic) bond motifs is 1. The molecule has 0 fully saturated rings. The predicted molar refractivity (Wildman–Crippen MR) is 131 cm³/mol. The lowest BCUT2D eigenvalue weighted by molar-refractivity contribution is 0.0523. The van der Waals surface area contributed by atoms with Crippen molar-refractivity contribution >= 4 is 17.0 Å². The van der Waals surface area contributed by atoms with Gasteiger partial charge in [-0.25, -0.2) is 4.79 Å². The summed E-state index contributed by atoms with van der Waals surface area (Å²) in [6.07, 6.45) is 2.74. The van der Waals surface area contributed by atoms with Crippen LogP contribution < -0.4 is 5.32 Å². The largest absolute Gasteiger partial charge is 0.444 e. The first-order valence-corrected chi connectivity index (χ1v) is 11.5. The Bertz CT molecular complexity index is 1060. The molecule has 5 nitrogen and oxygen atoms in total. The second-order valence-electron chi connectivity index (χ2n) is 10.6. The average molecular weight is 436 g/mol. The van der Waals surface area contributed by atoms with Crippen LogP contribution in [-0.2, 0) is 23.2 Å². The maximum Gasteiger partial charge on any atom is 0.407 e. The van der Waals surface area contributed by atoms with Gasteiger partial charge < -0.3 is 10.1 Å². The minimum atomic E-state index is -0.491. The van der Waals surface area contributed by atoms with Crippen molar-refractivity contribution in [3.8, 4) is 0 Å². The summed E-state index contributed by atoms with van der Waals surface area (Å²) in [5, 5.41) is 8.77. The van der Waals surface area contributed by atoms with Crippen LogP contribution in [0.15, 0.2) is 48.7 Å². The summed E-state index contributed by atoms with van der Waals surface area (Å²) in [6.45, 7) is 15.9. The minimum absolute atomic E-state index is 0.0123.